The summed E-state index contributed by atoms with van der Waals surface area (Å²) in [5.74, 6) is -0.384. The molecule has 0 saturated carbocycles. The predicted molar refractivity (Wildman–Crippen MR) is 62.3 cm³/mol. The Kier molecular flexibility index (Phi) is 5.18. The quantitative estimate of drug-likeness (QED) is 0.787. The summed E-state index contributed by atoms with van der Waals surface area (Å²) in [6.45, 7) is 1.98. The molecule has 0 bridgehead atoms. The molecule has 90 valence electrons. The van der Waals surface area contributed by atoms with Crippen molar-refractivity contribution in [3.05, 3.63) is 34.9 Å². The van der Waals surface area contributed by atoms with Gasteiger partial charge < -0.3 is 9.84 Å². The molecule has 0 heterocycles. The first kappa shape index (κ1) is 13.2. The molecule has 0 aliphatic heterocycles. The van der Waals surface area contributed by atoms with Gasteiger partial charge in [0.25, 0.3) is 0 Å². The van der Waals surface area contributed by atoms with E-state index in [2.05, 4.69) is 0 Å². The van der Waals surface area contributed by atoms with Crippen LogP contribution in [0.5, 0.6) is 0 Å². The Morgan fingerprint density at radius 3 is 2.88 bits per heavy atom. The van der Waals surface area contributed by atoms with Crippen molar-refractivity contribution in [2.24, 2.45) is 0 Å². The summed E-state index contributed by atoms with van der Waals surface area (Å²) < 4.78 is 4.94. The number of benzene rings is 1. The molecule has 0 fully saturated rings. The van der Waals surface area contributed by atoms with Gasteiger partial charge in [-0.1, -0.05) is 12.1 Å². The smallest absolute Gasteiger partial charge is 0.338 e. The van der Waals surface area contributed by atoms with E-state index < -0.39 is 0 Å². The molecule has 0 aliphatic rings. The van der Waals surface area contributed by atoms with E-state index in [9.17, 15) is 4.79 Å². The maximum atomic E-state index is 11.7. The maximum absolute atomic E-state index is 11.7. The molecule has 1 aromatic carbocycles. The largest absolute Gasteiger partial charge is 0.462 e. The lowest BCUT2D eigenvalue weighted by Crippen LogP contribution is -2.08. The van der Waals surface area contributed by atoms with Crippen LogP contribution in [-0.4, -0.2) is 17.7 Å². The number of aliphatic hydroxyl groups excluding tert-OH is 1. The van der Waals surface area contributed by atoms with Crippen molar-refractivity contribution in [1.82, 2.24) is 0 Å². The molecule has 0 saturated heterocycles. The van der Waals surface area contributed by atoms with Crippen LogP contribution in [-0.2, 0) is 17.8 Å². The third-order valence-corrected chi connectivity index (χ3v) is 2.35. The average Bonchev–Trinajstić information content (AvgIpc) is 2.36. The van der Waals surface area contributed by atoms with Gasteiger partial charge in [0.1, 0.15) is 0 Å². The molecule has 0 amide bonds. The molecule has 1 N–H and O–H groups in total. The summed E-state index contributed by atoms with van der Waals surface area (Å²) in [6.07, 6.45) is 0.819. The second kappa shape index (κ2) is 6.66. The highest BCUT2D eigenvalue weighted by Crippen LogP contribution is 2.15. The summed E-state index contributed by atoms with van der Waals surface area (Å²) >= 11 is 0. The van der Waals surface area contributed by atoms with E-state index in [1.165, 1.54) is 0 Å². The third-order valence-electron chi connectivity index (χ3n) is 2.35. The van der Waals surface area contributed by atoms with Crippen LogP contribution >= 0.6 is 0 Å². The van der Waals surface area contributed by atoms with Crippen LogP contribution < -0.4 is 0 Å². The van der Waals surface area contributed by atoms with E-state index in [1.807, 2.05) is 6.07 Å². The van der Waals surface area contributed by atoms with Crippen molar-refractivity contribution in [1.29, 1.82) is 5.26 Å². The molecule has 17 heavy (non-hydrogen) atoms. The average molecular weight is 233 g/mol. The minimum absolute atomic E-state index is 0.0807. The van der Waals surface area contributed by atoms with E-state index in [-0.39, 0.29) is 12.6 Å². The van der Waals surface area contributed by atoms with Gasteiger partial charge in [0.05, 0.1) is 24.8 Å². The zero-order valence-electron chi connectivity index (χ0n) is 9.77. The fourth-order valence-corrected chi connectivity index (χ4v) is 1.55. The summed E-state index contributed by atoms with van der Waals surface area (Å²) in [6, 6.07) is 7.09. The van der Waals surface area contributed by atoms with E-state index in [1.54, 1.807) is 25.1 Å². The van der Waals surface area contributed by atoms with Crippen LogP contribution in [0.4, 0.5) is 0 Å². The number of hydrogen-bond acceptors (Lipinski definition) is 4. The van der Waals surface area contributed by atoms with Gasteiger partial charge in [-0.25, -0.2) is 4.79 Å². The second-order valence-electron chi connectivity index (χ2n) is 3.53. The Balaban J connectivity index is 3.02. The molecule has 0 atom stereocenters. The van der Waals surface area contributed by atoms with Crippen LogP contribution in [0.15, 0.2) is 18.2 Å². The highest BCUT2D eigenvalue weighted by molar-refractivity contribution is 5.91. The van der Waals surface area contributed by atoms with E-state index >= 15 is 0 Å². The Labute approximate surface area is 100 Å². The van der Waals surface area contributed by atoms with Gasteiger partial charge in [0.15, 0.2) is 0 Å². The SMILES string of the molecule is CCOC(=O)c1ccc(CO)cc1CCC#N. The van der Waals surface area contributed by atoms with Gasteiger partial charge in [-0.15, -0.1) is 0 Å². The number of hydrogen-bond donors (Lipinski definition) is 1. The minimum Gasteiger partial charge on any atom is -0.462 e. The number of aryl methyl sites for hydroxylation is 1. The monoisotopic (exact) mass is 233 g/mol. The molecule has 0 aromatic heterocycles. The Morgan fingerprint density at radius 1 is 1.53 bits per heavy atom. The first-order chi connectivity index (χ1) is 8.22. The zero-order valence-corrected chi connectivity index (χ0v) is 9.77. The third kappa shape index (κ3) is 3.58. The van der Waals surface area contributed by atoms with Crippen molar-refractivity contribution in [3.8, 4) is 6.07 Å². The van der Waals surface area contributed by atoms with Gasteiger partial charge in [0.2, 0.25) is 0 Å². The topological polar surface area (TPSA) is 70.3 Å². The number of nitriles is 1. The van der Waals surface area contributed by atoms with E-state index in [4.69, 9.17) is 15.1 Å². The Morgan fingerprint density at radius 2 is 2.29 bits per heavy atom. The highest BCUT2D eigenvalue weighted by atomic mass is 16.5. The van der Waals surface area contributed by atoms with E-state index in [0.29, 0.717) is 25.0 Å². The lowest BCUT2D eigenvalue weighted by molar-refractivity contribution is 0.0525. The molecule has 0 spiro atoms. The van der Waals surface area contributed by atoms with Crippen LogP contribution in [0.1, 0.15) is 34.8 Å². The van der Waals surface area contributed by atoms with Crippen molar-refractivity contribution in [3.63, 3.8) is 0 Å². The molecule has 0 radical (unpaired) electrons. The van der Waals surface area contributed by atoms with Crippen molar-refractivity contribution >= 4 is 5.97 Å². The van der Waals surface area contributed by atoms with Crippen LogP contribution in [0.3, 0.4) is 0 Å². The van der Waals surface area contributed by atoms with Gasteiger partial charge in [-0.3, -0.25) is 0 Å². The maximum Gasteiger partial charge on any atom is 0.338 e. The first-order valence-electron chi connectivity index (χ1n) is 5.49. The number of nitrogens with zero attached hydrogens (tertiary/aromatic N) is 1. The fraction of sp³-hybridized carbons (Fsp3) is 0.385. The van der Waals surface area contributed by atoms with Crippen molar-refractivity contribution in [2.45, 2.75) is 26.4 Å². The normalized spacial score (nSPS) is 9.71. The number of ether oxygens (including phenoxy) is 1. The number of carbonyl (C=O) groups is 1. The standard InChI is InChI=1S/C13H15NO3/c1-2-17-13(16)12-6-5-10(9-15)8-11(12)4-3-7-14/h5-6,8,15H,2-4,9H2,1H3. The predicted octanol–water partition coefficient (Wildman–Crippen LogP) is 1.81. The summed E-state index contributed by atoms with van der Waals surface area (Å²) in [4.78, 5) is 11.7. The van der Waals surface area contributed by atoms with Gasteiger partial charge in [-0.2, -0.15) is 5.26 Å². The number of esters is 1. The molecule has 0 unspecified atom stereocenters. The molecular formula is C13H15NO3. The van der Waals surface area contributed by atoms with Gasteiger partial charge >= 0.3 is 5.97 Å². The van der Waals surface area contributed by atoms with Gasteiger partial charge in [0, 0.05) is 6.42 Å². The lowest BCUT2D eigenvalue weighted by Gasteiger charge is -2.09. The highest BCUT2D eigenvalue weighted by Gasteiger charge is 2.12. The first-order valence-corrected chi connectivity index (χ1v) is 5.49. The zero-order chi connectivity index (χ0) is 12.7. The Hall–Kier alpha value is -1.86. The number of rotatable bonds is 5. The summed E-state index contributed by atoms with van der Waals surface area (Å²) in [5.41, 5.74) is 1.95. The summed E-state index contributed by atoms with van der Waals surface area (Å²) in [5, 5.41) is 17.6. The second-order valence-corrected chi connectivity index (χ2v) is 3.53. The summed E-state index contributed by atoms with van der Waals surface area (Å²) in [7, 11) is 0. The van der Waals surface area contributed by atoms with Crippen LogP contribution in [0.25, 0.3) is 0 Å². The molecule has 0 aliphatic carbocycles. The molecule has 4 nitrogen and oxygen atoms in total. The molecular weight excluding hydrogens is 218 g/mol. The van der Waals surface area contributed by atoms with Gasteiger partial charge in [-0.05, 0) is 30.5 Å². The van der Waals surface area contributed by atoms with E-state index in [0.717, 1.165) is 11.1 Å². The fourth-order valence-electron chi connectivity index (χ4n) is 1.55. The lowest BCUT2D eigenvalue weighted by atomic mass is 10.0. The minimum atomic E-state index is -0.384. The van der Waals surface area contributed by atoms with Crippen molar-refractivity contribution < 1.29 is 14.6 Å². The van der Waals surface area contributed by atoms with Crippen LogP contribution in [0.2, 0.25) is 0 Å². The number of aliphatic hydroxyl groups is 1. The van der Waals surface area contributed by atoms with Crippen LogP contribution in [0, 0.1) is 11.3 Å². The Bertz CT molecular complexity index is 435. The molecule has 1 aromatic rings. The number of carbonyl (C=O) groups excluding carboxylic acids is 1. The molecule has 4 heteroatoms. The van der Waals surface area contributed by atoms with Crippen molar-refractivity contribution in [2.75, 3.05) is 6.61 Å². The molecule has 1 rings (SSSR count).